The lowest BCUT2D eigenvalue weighted by Gasteiger charge is -2.22. The first kappa shape index (κ1) is 14.3. The van der Waals surface area contributed by atoms with Gasteiger partial charge in [-0.25, -0.2) is 8.42 Å². The van der Waals surface area contributed by atoms with Crippen molar-refractivity contribution in [1.29, 1.82) is 0 Å². The van der Waals surface area contributed by atoms with E-state index in [0.29, 0.717) is 25.9 Å². The summed E-state index contributed by atoms with van der Waals surface area (Å²) in [6.07, 6.45) is -3.47. The van der Waals surface area contributed by atoms with E-state index >= 15 is 0 Å². The second-order valence-electron chi connectivity index (χ2n) is 4.52. The first-order valence-electron chi connectivity index (χ1n) is 5.94. The van der Waals surface area contributed by atoms with Crippen LogP contribution in [0.3, 0.4) is 0 Å². The molecule has 0 spiro atoms. The third-order valence-electron chi connectivity index (χ3n) is 3.24. The van der Waals surface area contributed by atoms with Crippen molar-refractivity contribution in [1.82, 2.24) is 5.32 Å². The van der Waals surface area contributed by atoms with Crippen LogP contribution in [0, 0.1) is 0 Å². The molecule has 1 aliphatic rings. The molecule has 0 saturated carbocycles. The second-order valence-corrected chi connectivity index (χ2v) is 6.74. The highest BCUT2D eigenvalue weighted by atomic mass is 32.2. The number of halogens is 3. The van der Waals surface area contributed by atoms with Crippen LogP contribution in [0.5, 0.6) is 0 Å². The summed E-state index contributed by atoms with van der Waals surface area (Å²) in [4.78, 5) is -0.0348. The van der Waals surface area contributed by atoms with Gasteiger partial charge in [-0.05, 0) is 50.2 Å². The second kappa shape index (κ2) is 5.13. The summed E-state index contributed by atoms with van der Waals surface area (Å²) in [6, 6.07) is 3.71. The van der Waals surface area contributed by atoms with Crippen molar-refractivity contribution in [2.24, 2.45) is 0 Å². The van der Waals surface area contributed by atoms with Crippen molar-refractivity contribution in [3.8, 4) is 0 Å². The van der Waals surface area contributed by atoms with Crippen LogP contribution in [0.1, 0.15) is 18.4 Å². The van der Waals surface area contributed by atoms with Gasteiger partial charge in [0.2, 0.25) is 0 Å². The van der Waals surface area contributed by atoms with Crippen molar-refractivity contribution >= 4 is 9.84 Å². The first-order valence-corrected chi connectivity index (χ1v) is 7.48. The number of piperidine rings is 1. The maximum atomic E-state index is 12.4. The van der Waals surface area contributed by atoms with E-state index in [2.05, 4.69) is 5.32 Å². The lowest BCUT2D eigenvalue weighted by molar-refractivity contribution is -0.137. The number of nitrogens with one attached hydrogen (secondary N) is 1. The number of sulfone groups is 1. The summed E-state index contributed by atoms with van der Waals surface area (Å²) in [5.74, 6) is 0. The molecule has 1 aromatic rings. The van der Waals surface area contributed by atoms with E-state index in [9.17, 15) is 21.6 Å². The normalized spacial score (nSPS) is 18.5. The molecule has 1 aliphatic heterocycles. The van der Waals surface area contributed by atoms with Crippen molar-refractivity contribution in [3.05, 3.63) is 29.8 Å². The van der Waals surface area contributed by atoms with Gasteiger partial charge in [0.25, 0.3) is 0 Å². The minimum Gasteiger partial charge on any atom is -0.317 e. The molecular weight excluding hydrogens is 279 g/mol. The summed E-state index contributed by atoms with van der Waals surface area (Å²) < 4.78 is 61.7. The van der Waals surface area contributed by atoms with Crippen LogP contribution in [0.25, 0.3) is 0 Å². The molecule has 1 aromatic carbocycles. The molecule has 0 aromatic heterocycles. The van der Waals surface area contributed by atoms with Crippen LogP contribution in [0.4, 0.5) is 13.2 Å². The van der Waals surface area contributed by atoms with Crippen molar-refractivity contribution in [3.63, 3.8) is 0 Å². The van der Waals surface area contributed by atoms with Gasteiger partial charge >= 0.3 is 6.18 Å². The van der Waals surface area contributed by atoms with Crippen LogP contribution in [-0.4, -0.2) is 26.8 Å². The fourth-order valence-electron chi connectivity index (χ4n) is 2.13. The first-order chi connectivity index (χ1) is 8.82. The van der Waals surface area contributed by atoms with Gasteiger partial charge in [0.15, 0.2) is 9.84 Å². The van der Waals surface area contributed by atoms with Crippen LogP contribution in [-0.2, 0) is 16.0 Å². The average Bonchev–Trinajstić information content (AvgIpc) is 2.39. The Balaban J connectivity index is 2.26. The molecule has 0 unspecified atom stereocenters. The van der Waals surface area contributed by atoms with Gasteiger partial charge in [0.05, 0.1) is 15.7 Å². The van der Waals surface area contributed by atoms with Crippen molar-refractivity contribution < 1.29 is 21.6 Å². The molecule has 0 atom stereocenters. The van der Waals surface area contributed by atoms with Gasteiger partial charge in [-0.2, -0.15) is 13.2 Å². The Bertz CT molecular complexity index is 531. The zero-order valence-corrected chi connectivity index (χ0v) is 10.9. The highest BCUT2D eigenvalue weighted by Crippen LogP contribution is 2.30. The SMILES string of the molecule is O=S(=O)(c1ccc(C(F)(F)F)cc1)C1CCNCC1. The Kier molecular flexibility index (Phi) is 3.87. The Morgan fingerprint density at radius 1 is 1.05 bits per heavy atom. The lowest BCUT2D eigenvalue weighted by atomic mass is 10.2. The van der Waals surface area contributed by atoms with Gasteiger partial charge in [-0.15, -0.1) is 0 Å². The molecule has 106 valence electrons. The maximum Gasteiger partial charge on any atom is 0.416 e. The van der Waals surface area contributed by atoms with Gasteiger partial charge in [0.1, 0.15) is 0 Å². The Morgan fingerprint density at radius 3 is 2.05 bits per heavy atom. The topological polar surface area (TPSA) is 46.2 Å². The van der Waals surface area contributed by atoms with E-state index in [1.54, 1.807) is 0 Å². The molecule has 1 N–H and O–H groups in total. The highest BCUT2D eigenvalue weighted by molar-refractivity contribution is 7.92. The molecule has 0 amide bonds. The molecule has 19 heavy (non-hydrogen) atoms. The molecule has 0 aliphatic carbocycles. The Hall–Kier alpha value is -1.08. The molecule has 2 rings (SSSR count). The molecule has 3 nitrogen and oxygen atoms in total. The van der Waals surface area contributed by atoms with Crippen LogP contribution in [0.2, 0.25) is 0 Å². The minimum atomic E-state index is -4.45. The van der Waals surface area contributed by atoms with E-state index in [1.165, 1.54) is 0 Å². The van der Waals surface area contributed by atoms with Crippen molar-refractivity contribution in [2.75, 3.05) is 13.1 Å². The molecule has 0 bridgehead atoms. The zero-order valence-electron chi connectivity index (χ0n) is 10.1. The number of hydrogen-bond donors (Lipinski definition) is 1. The molecule has 1 saturated heterocycles. The maximum absolute atomic E-state index is 12.4. The molecule has 0 radical (unpaired) electrons. The summed E-state index contributed by atoms with van der Waals surface area (Å²) in [7, 11) is -3.53. The number of alkyl halides is 3. The van der Waals surface area contributed by atoms with E-state index in [4.69, 9.17) is 0 Å². The molecular formula is C12H14F3NO2S. The number of rotatable bonds is 2. The summed E-state index contributed by atoms with van der Waals surface area (Å²) >= 11 is 0. The van der Waals surface area contributed by atoms with Crippen LogP contribution < -0.4 is 5.32 Å². The average molecular weight is 293 g/mol. The van der Waals surface area contributed by atoms with Gasteiger partial charge < -0.3 is 5.32 Å². The summed E-state index contributed by atoms with van der Waals surface area (Å²) in [6.45, 7) is 1.23. The van der Waals surface area contributed by atoms with E-state index in [0.717, 1.165) is 24.3 Å². The van der Waals surface area contributed by atoms with Crippen molar-refractivity contribution in [2.45, 2.75) is 29.2 Å². The highest BCUT2D eigenvalue weighted by Gasteiger charge is 2.32. The van der Waals surface area contributed by atoms with E-state index in [-0.39, 0.29) is 4.90 Å². The third kappa shape index (κ3) is 3.09. The van der Waals surface area contributed by atoms with E-state index < -0.39 is 26.8 Å². The number of hydrogen-bond acceptors (Lipinski definition) is 3. The van der Waals surface area contributed by atoms with Gasteiger partial charge in [0, 0.05) is 0 Å². The molecule has 1 heterocycles. The fourth-order valence-corrected chi connectivity index (χ4v) is 3.89. The third-order valence-corrected chi connectivity index (χ3v) is 5.51. The molecule has 7 heteroatoms. The quantitative estimate of drug-likeness (QED) is 0.909. The zero-order chi connectivity index (χ0) is 14.1. The van der Waals surface area contributed by atoms with Gasteiger partial charge in [-0.1, -0.05) is 0 Å². The minimum absolute atomic E-state index is 0.0348. The fraction of sp³-hybridized carbons (Fsp3) is 0.500. The summed E-state index contributed by atoms with van der Waals surface area (Å²) in [5, 5.41) is 2.55. The molecule has 1 fully saturated rings. The predicted molar refractivity (Wildman–Crippen MR) is 64.5 cm³/mol. The lowest BCUT2D eigenvalue weighted by Crippen LogP contribution is -2.35. The van der Waals surface area contributed by atoms with Crippen LogP contribution in [0.15, 0.2) is 29.2 Å². The Morgan fingerprint density at radius 2 is 1.58 bits per heavy atom. The van der Waals surface area contributed by atoms with Gasteiger partial charge in [-0.3, -0.25) is 0 Å². The number of benzene rings is 1. The monoisotopic (exact) mass is 293 g/mol. The predicted octanol–water partition coefficient (Wildman–Crippen LogP) is 2.23. The summed E-state index contributed by atoms with van der Waals surface area (Å²) in [5.41, 5.74) is -0.836. The largest absolute Gasteiger partial charge is 0.416 e. The van der Waals surface area contributed by atoms with E-state index in [1.807, 2.05) is 0 Å². The smallest absolute Gasteiger partial charge is 0.317 e. The standard InChI is InChI=1S/C12H14F3NO2S/c13-12(14,15)9-1-3-10(4-2-9)19(17,18)11-5-7-16-8-6-11/h1-4,11,16H,5-8H2. The Labute approximate surface area is 109 Å². The van der Waals surface area contributed by atoms with Crippen LogP contribution >= 0.6 is 0 Å².